The van der Waals surface area contributed by atoms with E-state index < -0.39 is 28.5 Å². The van der Waals surface area contributed by atoms with Crippen LogP contribution < -0.4 is 9.62 Å². The summed E-state index contributed by atoms with van der Waals surface area (Å²) in [6.07, 6.45) is 2.01. The second-order valence-corrected chi connectivity index (χ2v) is 11.7. The topological polar surface area (TPSA) is 86.8 Å². The Hall–Kier alpha value is -3.07. The Morgan fingerprint density at radius 2 is 1.55 bits per heavy atom. The molecule has 202 valence electrons. The second kappa shape index (κ2) is 13.6. The van der Waals surface area contributed by atoms with Crippen molar-refractivity contribution in [3.05, 3.63) is 100 Å². The maximum atomic E-state index is 13.9. The van der Waals surface area contributed by atoms with Crippen LogP contribution in [-0.4, -0.2) is 50.5 Å². The molecule has 0 fully saturated rings. The second-order valence-electron chi connectivity index (χ2n) is 8.89. The Kier molecular flexibility index (Phi) is 10.6. The van der Waals surface area contributed by atoms with Crippen LogP contribution in [0.2, 0.25) is 10.0 Å². The number of hydrogen-bond acceptors (Lipinski definition) is 4. The quantitative estimate of drug-likeness (QED) is 0.332. The van der Waals surface area contributed by atoms with Crippen molar-refractivity contribution in [1.82, 2.24) is 10.2 Å². The molecule has 3 rings (SSSR count). The molecule has 0 heterocycles. The van der Waals surface area contributed by atoms with E-state index in [0.29, 0.717) is 27.8 Å². The molecule has 0 aliphatic heterocycles. The van der Waals surface area contributed by atoms with Crippen LogP contribution in [-0.2, 0) is 32.6 Å². The average Bonchev–Trinajstić information content (AvgIpc) is 2.88. The molecule has 1 atom stereocenters. The van der Waals surface area contributed by atoms with Crippen LogP contribution in [0.15, 0.2) is 78.9 Å². The standard InChI is InChI=1S/C28H31Cl2N3O4S/c1-3-16-31-28(35)26(18-21-8-5-4-6-9-21)32(19-22-10-7-11-24(30)17-22)27(34)20-33(38(2,36)37)25-14-12-23(29)13-15-25/h4-15,17,26H,3,16,18-20H2,1-2H3,(H,31,35). The highest BCUT2D eigenvalue weighted by atomic mass is 35.5. The molecular weight excluding hydrogens is 545 g/mol. The normalized spacial score (nSPS) is 12.0. The van der Waals surface area contributed by atoms with Gasteiger partial charge in [0, 0.05) is 29.6 Å². The largest absolute Gasteiger partial charge is 0.354 e. The Morgan fingerprint density at radius 3 is 2.16 bits per heavy atom. The number of carbonyl (C=O) groups is 2. The van der Waals surface area contributed by atoms with E-state index in [0.717, 1.165) is 22.5 Å². The van der Waals surface area contributed by atoms with Crippen LogP contribution in [0, 0.1) is 0 Å². The maximum absolute atomic E-state index is 13.9. The van der Waals surface area contributed by atoms with E-state index in [1.165, 1.54) is 17.0 Å². The zero-order valence-electron chi connectivity index (χ0n) is 21.3. The van der Waals surface area contributed by atoms with Crippen molar-refractivity contribution in [3.63, 3.8) is 0 Å². The molecule has 0 saturated heterocycles. The number of sulfonamides is 1. The van der Waals surface area contributed by atoms with Gasteiger partial charge in [0.15, 0.2) is 0 Å². The van der Waals surface area contributed by atoms with Crippen molar-refractivity contribution in [1.29, 1.82) is 0 Å². The van der Waals surface area contributed by atoms with Crippen LogP contribution in [0.25, 0.3) is 0 Å². The molecule has 0 radical (unpaired) electrons. The van der Waals surface area contributed by atoms with Crippen molar-refractivity contribution in [2.24, 2.45) is 0 Å². The molecule has 7 nitrogen and oxygen atoms in total. The number of amides is 2. The lowest BCUT2D eigenvalue weighted by Gasteiger charge is -2.33. The summed E-state index contributed by atoms with van der Waals surface area (Å²) in [5, 5.41) is 3.83. The fraction of sp³-hybridized carbons (Fsp3) is 0.286. The van der Waals surface area contributed by atoms with Gasteiger partial charge in [0.05, 0.1) is 11.9 Å². The molecule has 3 aromatic carbocycles. The first-order chi connectivity index (χ1) is 18.1. The Balaban J connectivity index is 2.03. The molecule has 0 aromatic heterocycles. The summed E-state index contributed by atoms with van der Waals surface area (Å²) in [4.78, 5) is 28.8. The minimum Gasteiger partial charge on any atom is -0.354 e. The molecule has 0 aliphatic rings. The first-order valence-electron chi connectivity index (χ1n) is 12.2. The van der Waals surface area contributed by atoms with Crippen LogP contribution in [0.4, 0.5) is 5.69 Å². The predicted molar refractivity (Wildman–Crippen MR) is 153 cm³/mol. The number of carbonyl (C=O) groups excluding carboxylic acids is 2. The third kappa shape index (κ3) is 8.48. The van der Waals surface area contributed by atoms with Crippen molar-refractivity contribution >= 4 is 50.7 Å². The van der Waals surface area contributed by atoms with Crippen LogP contribution in [0.1, 0.15) is 24.5 Å². The van der Waals surface area contributed by atoms with Gasteiger partial charge in [-0.1, -0.05) is 72.6 Å². The van der Waals surface area contributed by atoms with E-state index in [-0.39, 0.29) is 18.9 Å². The summed E-state index contributed by atoms with van der Waals surface area (Å²) in [5.74, 6) is -0.846. The smallest absolute Gasteiger partial charge is 0.244 e. The lowest BCUT2D eigenvalue weighted by molar-refractivity contribution is -0.140. The van der Waals surface area contributed by atoms with Crippen molar-refractivity contribution in [3.8, 4) is 0 Å². The Morgan fingerprint density at radius 1 is 0.895 bits per heavy atom. The zero-order chi connectivity index (χ0) is 27.7. The molecule has 0 saturated carbocycles. The first kappa shape index (κ1) is 29.5. The van der Waals surface area contributed by atoms with Gasteiger partial charge in [0.25, 0.3) is 0 Å². The molecule has 0 spiro atoms. The van der Waals surface area contributed by atoms with Gasteiger partial charge in [-0.25, -0.2) is 8.42 Å². The van der Waals surface area contributed by atoms with Crippen LogP contribution >= 0.6 is 23.2 Å². The van der Waals surface area contributed by atoms with Crippen LogP contribution in [0.3, 0.4) is 0 Å². The number of nitrogens with one attached hydrogen (secondary N) is 1. The van der Waals surface area contributed by atoms with Crippen molar-refractivity contribution in [2.45, 2.75) is 32.4 Å². The summed E-state index contributed by atoms with van der Waals surface area (Å²) >= 11 is 12.2. The molecule has 3 aromatic rings. The Bertz CT molecular complexity index is 1340. The van der Waals surface area contributed by atoms with Gasteiger partial charge in [0.1, 0.15) is 12.6 Å². The molecule has 10 heteroatoms. The highest BCUT2D eigenvalue weighted by Gasteiger charge is 2.33. The minimum atomic E-state index is -3.84. The van der Waals surface area contributed by atoms with Gasteiger partial charge in [-0.2, -0.15) is 0 Å². The fourth-order valence-corrected chi connectivity index (χ4v) is 5.16. The zero-order valence-corrected chi connectivity index (χ0v) is 23.6. The SMILES string of the molecule is CCCNC(=O)C(Cc1ccccc1)N(Cc1cccc(Cl)c1)C(=O)CN(c1ccc(Cl)cc1)S(C)(=O)=O. The molecule has 1 unspecified atom stereocenters. The average molecular weight is 577 g/mol. The number of halogens is 2. The van der Waals surface area contributed by atoms with Gasteiger partial charge in [-0.05, 0) is 53.9 Å². The number of benzene rings is 3. The molecular formula is C28H31Cl2N3O4S. The monoisotopic (exact) mass is 575 g/mol. The van der Waals surface area contributed by atoms with E-state index >= 15 is 0 Å². The number of hydrogen-bond donors (Lipinski definition) is 1. The van der Waals surface area contributed by atoms with Crippen molar-refractivity contribution in [2.75, 3.05) is 23.7 Å². The van der Waals surface area contributed by atoms with Gasteiger partial charge in [0.2, 0.25) is 21.8 Å². The third-order valence-corrected chi connectivity index (χ3v) is 7.48. The molecule has 0 aliphatic carbocycles. The summed E-state index contributed by atoms with van der Waals surface area (Å²) in [7, 11) is -3.84. The molecule has 38 heavy (non-hydrogen) atoms. The van der Waals surface area contributed by atoms with E-state index in [4.69, 9.17) is 23.2 Å². The van der Waals surface area contributed by atoms with Gasteiger partial charge in [-0.15, -0.1) is 0 Å². The number of rotatable bonds is 12. The maximum Gasteiger partial charge on any atom is 0.244 e. The van der Waals surface area contributed by atoms with E-state index in [1.807, 2.05) is 43.3 Å². The number of nitrogens with zero attached hydrogens (tertiary/aromatic N) is 2. The van der Waals surface area contributed by atoms with E-state index in [2.05, 4.69) is 5.32 Å². The van der Waals surface area contributed by atoms with Crippen molar-refractivity contribution < 1.29 is 18.0 Å². The fourth-order valence-electron chi connectivity index (χ4n) is 3.97. The summed E-state index contributed by atoms with van der Waals surface area (Å²) in [6.45, 7) is 1.96. The molecule has 2 amide bonds. The lowest BCUT2D eigenvalue weighted by atomic mass is 10.0. The predicted octanol–water partition coefficient (Wildman–Crippen LogP) is 4.93. The van der Waals surface area contributed by atoms with E-state index in [9.17, 15) is 18.0 Å². The highest BCUT2D eigenvalue weighted by molar-refractivity contribution is 7.92. The van der Waals surface area contributed by atoms with Gasteiger partial charge in [-0.3, -0.25) is 13.9 Å². The van der Waals surface area contributed by atoms with Gasteiger partial charge >= 0.3 is 0 Å². The summed E-state index contributed by atoms with van der Waals surface area (Å²) < 4.78 is 26.5. The highest BCUT2D eigenvalue weighted by Crippen LogP contribution is 2.23. The molecule has 0 bridgehead atoms. The van der Waals surface area contributed by atoms with Crippen LogP contribution in [0.5, 0.6) is 0 Å². The minimum absolute atomic E-state index is 0.0641. The van der Waals surface area contributed by atoms with E-state index in [1.54, 1.807) is 30.3 Å². The first-order valence-corrected chi connectivity index (χ1v) is 14.8. The number of anilines is 1. The summed E-state index contributed by atoms with van der Waals surface area (Å²) in [6, 6.07) is 21.7. The lowest BCUT2D eigenvalue weighted by Crippen LogP contribution is -2.53. The Labute approximate surface area is 234 Å². The third-order valence-electron chi connectivity index (χ3n) is 5.86. The van der Waals surface area contributed by atoms with Gasteiger partial charge < -0.3 is 10.2 Å². The summed E-state index contributed by atoms with van der Waals surface area (Å²) in [5.41, 5.74) is 1.87. The molecule has 1 N–H and O–H groups in total.